The predicted octanol–water partition coefficient (Wildman–Crippen LogP) is 3.16. The first kappa shape index (κ1) is 9.54. The van der Waals surface area contributed by atoms with Gasteiger partial charge in [0, 0.05) is 24.2 Å². The highest BCUT2D eigenvalue weighted by molar-refractivity contribution is 9.10. The number of fused-ring (bicyclic) bond motifs is 1. The number of aromatic nitrogens is 3. The van der Waals surface area contributed by atoms with E-state index in [0.717, 1.165) is 15.7 Å². The number of nitrogens with zero attached hydrogens (tertiary/aromatic N) is 3. The summed E-state index contributed by atoms with van der Waals surface area (Å²) >= 11 is 3.39. The van der Waals surface area contributed by atoms with Crippen molar-refractivity contribution in [2.75, 3.05) is 0 Å². The first-order valence-corrected chi connectivity index (χ1v) is 5.68. The van der Waals surface area contributed by atoms with E-state index in [2.05, 4.69) is 25.9 Å². The average Bonchev–Trinajstić information content (AvgIpc) is 2.73. The van der Waals surface area contributed by atoms with Gasteiger partial charge in [-0.2, -0.15) is 0 Å². The quantitative estimate of drug-likeness (QED) is 0.682. The Morgan fingerprint density at radius 3 is 2.69 bits per heavy atom. The van der Waals surface area contributed by atoms with Gasteiger partial charge in [0.1, 0.15) is 0 Å². The molecule has 16 heavy (non-hydrogen) atoms. The molecule has 0 radical (unpaired) electrons. The SMILES string of the molecule is Brc1cnc2nc(-c3ccccc3)cn2c1. The van der Waals surface area contributed by atoms with E-state index in [1.54, 1.807) is 6.20 Å². The highest BCUT2D eigenvalue weighted by Gasteiger charge is 2.04. The van der Waals surface area contributed by atoms with E-state index in [-0.39, 0.29) is 0 Å². The lowest BCUT2D eigenvalue weighted by atomic mass is 10.2. The minimum absolute atomic E-state index is 0.710. The van der Waals surface area contributed by atoms with Crippen molar-refractivity contribution in [1.82, 2.24) is 14.4 Å². The van der Waals surface area contributed by atoms with Crippen LogP contribution in [0.1, 0.15) is 0 Å². The Balaban J connectivity index is 2.19. The molecular weight excluding hydrogens is 266 g/mol. The molecule has 0 fully saturated rings. The molecule has 0 aliphatic heterocycles. The molecule has 3 aromatic rings. The topological polar surface area (TPSA) is 30.2 Å². The van der Waals surface area contributed by atoms with Crippen LogP contribution in [0, 0.1) is 0 Å². The van der Waals surface area contributed by atoms with Crippen molar-refractivity contribution >= 4 is 21.7 Å². The average molecular weight is 274 g/mol. The van der Waals surface area contributed by atoms with Crippen LogP contribution in [0.5, 0.6) is 0 Å². The van der Waals surface area contributed by atoms with Crippen molar-refractivity contribution in [1.29, 1.82) is 0 Å². The van der Waals surface area contributed by atoms with Gasteiger partial charge in [-0.25, -0.2) is 9.97 Å². The monoisotopic (exact) mass is 273 g/mol. The standard InChI is InChI=1S/C12H8BrN3/c13-10-6-14-12-15-11(8-16(12)7-10)9-4-2-1-3-5-9/h1-8H. The maximum atomic E-state index is 4.46. The summed E-state index contributed by atoms with van der Waals surface area (Å²) in [6.07, 6.45) is 5.67. The molecule has 0 amide bonds. The number of rotatable bonds is 1. The molecule has 3 nitrogen and oxygen atoms in total. The largest absolute Gasteiger partial charge is 0.289 e. The summed E-state index contributed by atoms with van der Waals surface area (Å²) in [4.78, 5) is 8.69. The highest BCUT2D eigenvalue weighted by Crippen LogP contribution is 2.18. The molecule has 0 saturated carbocycles. The maximum Gasteiger partial charge on any atom is 0.234 e. The van der Waals surface area contributed by atoms with Gasteiger partial charge in [-0.15, -0.1) is 0 Å². The van der Waals surface area contributed by atoms with E-state index in [1.807, 2.05) is 47.1 Å². The van der Waals surface area contributed by atoms with E-state index >= 15 is 0 Å². The van der Waals surface area contributed by atoms with E-state index < -0.39 is 0 Å². The second-order valence-corrected chi connectivity index (χ2v) is 4.39. The zero-order valence-electron chi connectivity index (χ0n) is 8.34. The third kappa shape index (κ3) is 1.61. The molecule has 0 aliphatic rings. The van der Waals surface area contributed by atoms with Crippen molar-refractivity contribution in [3.05, 3.63) is 53.4 Å². The lowest BCUT2D eigenvalue weighted by Gasteiger charge is -1.92. The van der Waals surface area contributed by atoms with Gasteiger partial charge in [0.2, 0.25) is 5.78 Å². The summed E-state index contributed by atoms with van der Waals surface area (Å²) in [6.45, 7) is 0. The maximum absolute atomic E-state index is 4.46. The third-order valence-electron chi connectivity index (χ3n) is 2.35. The first-order valence-electron chi connectivity index (χ1n) is 4.88. The zero-order chi connectivity index (χ0) is 11.0. The number of hydrogen-bond acceptors (Lipinski definition) is 2. The van der Waals surface area contributed by atoms with Gasteiger partial charge in [0.25, 0.3) is 0 Å². The fourth-order valence-corrected chi connectivity index (χ4v) is 1.93. The molecule has 0 unspecified atom stereocenters. The molecule has 0 atom stereocenters. The molecule has 2 heterocycles. The summed E-state index contributed by atoms with van der Waals surface area (Å²) in [5.74, 6) is 0.710. The highest BCUT2D eigenvalue weighted by atomic mass is 79.9. The van der Waals surface area contributed by atoms with Crippen molar-refractivity contribution in [3.8, 4) is 11.3 Å². The molecule has 3 rings (SSSR count). The Kier molecular flexibility index (Phi) is 2.22. The zero-order valence-corrected chi connectivity index (χ0v) is 9.92. The Morgan fingerprint density at radius 1 is 1.06 bits per heavy atom. The lowest BCUT2D eigenvalue weighted by molar-refractivity contribution is 1.10. The summed E-state index contributed by atoms with van der Waals surface area (Å²) in [6, 6.07) is 10.1. The molecule has 0 aliphatic carbocycles. The van der Waals surface area contributed by atoms with Crippen LogP contribution in [0.3, 0.4) is 0 Å². The van der Waals surface area contributed by atoms with E-state index in [1.165, 1.54) is 0 Å². The normalized spacial score (nSPS) is 10.8. The number of benzene rings is 1. The van der Waals surface area contributed by atoms with Crippen LogP contribution in [0.25, 0.3) is 17.0 Å². The van der Waals surface area contributed by atoms with Crippen LogP contribution in [0.4, 0.5) is 0 Å². The van der Waals surface area contributed by atoms with Crippen LogP contribution in [0.2, 0.25) is 0 Å². The predicted molar refractivity (Wildman–Crippen MR) is 66.1 cm³/mol. The van der Waals surface area contributed by atoms with Gasteiger partial charge in [-0.05, 0) is 15.9 Å². The van der Waals surface area contributed by atoms with Crippen LogP contribution in [-0.2, 0) is 0 Å². The Bertz CT molecular complexity index is 631. The van der Waals surface area contributed by atoms with E-state index in [9.17, 15) is 0 Å². The Morgan fingerprint density at radius 2 is 1.88 bits per heavy atom. The minimum Gasteiger partial charge on any atom is -0.289 e. The minimum atomic E-state index is 0.710. The van der Waals surface area contributed by atoms with Crippen molar-refractivity contribution in [2.45, 2.75) is 0 Å². The number of imidazole rings is 1. The summed E-state index contributed by atoms with van der Waals surface area (Å²) in [5, 5.41) is 0. The Hall–Kier alpha value is -1.68. The summed E-state index contributed by atoms with van der Waals surface area (Å²) in [7, 11) is 0. The fourth-order valence-electron chi connectivity index (χ4n) is 1.61. The van der Waals surface area contributed by atoms with Crippen molar-refractivity contribution in [2.24, 2.45) is 0 Å². The molecule has 0 N–H and O–H groups in total. The van der Waals surface area contributed by atoms with Crippen LogP contribution >= 0.6 is 15.9 Å². The summed E-state index contributed by atoms with van der Waals surface area (Å²) < 4.78 is 2.85. The van der Waals surface area contributed by atoms with Crippen LogP contribution < -0.4 is 0 Å². The molecule has 1 aromatic carbocycles. The molecule has 0 saturated heterocycles. The van der Waals surface area contributed by atoms with Gasteiger partial charge in [0.15, 0.2) is 0 Å². The smallest absolute Gasteiger partial charge is 0.234 e. The van der Waals surface area contributed by atoms with Crippen molar-refractivity contribution in [3.63, 3.8) is 0 Å². The Labute approximate surface area is 101 Å². The number of halogens is 1. The van der Waals surface area contributed by atoms with Gasteiger partial charge < -0.3 is 0 Å². The second-order valence-electron chi connectivity index (χ2n) is 3.47. The lowest BCUT2D eigenvalue weighted by Crippen LogP contribution is -1.85. The number of hydrogen-bond donors (Lipinski definition) is 0. The molecular formula is C12H8BrN3. The molecule has 0 bridgehead atoms. The molecule has 0 spiro atoms. The van der Waals surface area contributed by atoms with E-state index in [0.29, 0.717) is 5.78 Å². The summed E-state index contributed by atoms with van der Waals surface area (Å²) in [5.41, 5.74) is 2.04. The van der Waals surface area contributed by atoms with Gasteiger partial charge >= 0.3 is 0 Å². The van der Waals surface area contributed by atoms with Gasteiger partial charge in [-0.3, -0.25) is 4.40 Å². The third-order valence-corrected chi connectivity index (χ3v) is 2.76. The first-order chi connectivity index (χ1) is 7.83. The van der Waals surface area contributed by atoms with E-state index in [4.69, 9.17) is 0 Å². The van der Waals surface area contributed by atoms with Crippen LogP contribution in [0.15, 0.2) is 53.4 Å². The van der Waals surface area contributed by atoms with Crippen LogP contribution in [-0.4, -0.2) is 14.4 Å². The second kappa shape index (κ2) is 3.72. The van der Waals surface area contributed by atoms with Gasteiger partial charge in [-0.1, -0.05) is 30.3 Å². The fraction of sp³-hybridized carbons (Fsp3) is 0. The molecule has 4 heteroatoms. The molecule has 78 valence electrons. The van der Waals surface area contributed by atoms with Crippen molar-refractivity contribution < 1.29 is 0 Å². The molecule has 2 aromatic heterocycles. The van der Waals surface area contributed by atoms with Gasteiger partial charge in [0.05, 0.1) is 10.2 Å².